The second-order valence-electron chi connectivity index (χ2n) is 5.74. The van der Waals surface area contributed by atoms with Crippen molar-refractivity contribution in [3.05, 3.63) is 57.7 Å². The van der Waals surface area contributed by atoms with Crippen LogP contribution in [-0.2, 0) is 9.59 Å². The number of carbonyl (C=O) groups excluding carboxylic acids is 2. The number of halogens is 1. The minimum Gasteiger partial charge on any atom is -0.326 e. The average Bonchev–Trinajstić information content (AvgIpc) is 2.92. The Morgan fingerprint density at radius 2 is 1.78 bits per heavy atom. The van der Waals surface area contributed by atoms with Gasteiger partial charge in [-0.2, -0.15) is 0 Å². The van der Waals surface area contributed by atoms with Gasteiger partial charge in [0.15, 0.2) is 0 Å². The van der Waals surface area contributed by atoms with Crippen LogP contribution in [0.2, 0.25) is 0 Å². The molecule has 1 N–H and O–H groups in total. The van der Waals surface area contributed by atoms with Crippen molar-refractivity contribution in [1.29, 1.82) is 0 Å². The lowest BCUT2D eigenvalue weighted by molar-refractivity contribution is -0.122. The molecule has 2 aromatic rings. The first kappa shape index (κ1) is 16.0. The maximum absolute atomic E-state index is 12.4. The SMILES string of the molecule is Cc1ccc(N2C[C@H](C(=O)Nc3ccc(I)cc3)CC2=O)cc1. The second-order valence-corrected chi connectivity index (χ2v) is 6.98. The molecule has 0 spiro atoms. The van der Waals surface area contributed by atoms with Crippen LogP contribution < -0.4 is 10.2 Å². The van der Waals surface area contributed by atoms with Crippen molar-refractivity contribution in [2.75, 3.05) is 16.8 Å². The summed E-state index contributed by atoms with van der Waals surface area (Å²) in [6, 6.07) is 15.4. The van der Waals surface area contributed by atoms with Gasteiger partial charge in [0.05, 0.1) is 5.92 Å². The molecule has 118 valence electrons. The number of carbonyl (C=O) groups is 2. The van der Waals surface area contributed by atoms with Crippen LogP contribution in [0.5, 0.6) is 0 Å². The highest BCUT2D eigenvalue weighted by molar-refractivity contribution is 14.1. The Morgan fingerprint density at radius 3 is 2.43 bits per heavy atom. The first-order chi connectivity index (χ1) is 11.0. The Balaban J connectivity index is 1.68. The first-order valence-electron chi connectivity index (χ1n) is 7.46. The fraction of sp³-hybridized carbons (Fsp3) is 0.222. The molecule has 23 heavy (non-hydrogen) atoms. The monoisotopic (exact) mass is 420 g/mol. The van der Waals surface area contributed by atoms with Crippen LogP contribution in [0.3, 0.4) is 0 Å². The number of amides is 2. The summed E-state index contributed by atoms with van der Waals surface area (Å²) >= 11 is 2.22. The Hall–Kier alpha value is -1.89. The summed E-state index contributed by atoms with van der Waals surface area (Å²) in [5, 5.41) is 2.89. The standard InChI is InChI=1S/C18H17IN2O2/c1-12-2-8-16(9-3-12)21-11-13(10-17(21)22)18(23)20-15-6-4-14(19)5-7-15/h2-9,13H,10-11H2,1H3,(H,20,23)/t13-/m1/s1. The van der Waals surface area contributed by atoms with Gasteiger partial charge in [-0.05, 0) is 65.9 Å². The third kappa shape index (κ3) is 3.72. The van der Waals surface area contributed by atoms with Gasteiger partial charge < -0.3 is 10.2 Å². The molecule has 0 aliphatic carbocycles. The van der Waals surface area contributed by atoms with Gasteiger partial charge in [0.25, 0.3) is 0 Å². The Morgan fingerprint density at radius 1 is 1.13 bits per heavy atom. The molecule has 1 fully saturated rings. The Kier molecular flexibility index (Phi) is 4.66. The highest BCUT2D eigenvalue weighted by Gasteiger charge is 2.35. The molecule has 5 heteroatoms. The molecule has 3 rings (SSSR count). The predicted octanol–water partition coefficient (Wildman–Crippen LogP) is 3.59. The zero-order valence-corrected chi connectivity index (χ0v) is 14.9. The maximum Gasteiger partial charge on any atom is 0.229 e. The molecular weight excluding hydrogens is 403 g/mol. The molecule has 1 atom stereocenters. The molecule has 1 heterocycles. The van der Waals surface area contributed by atoms with Crippen molar-refractivity contribution in [3.63, 3.8) is 0 Å². The van der Waals surface area contributed by atoms with Crippen LogP contribution >= 0.6 is 22.6 Å². The molecule has 2 amide bonds. The summed E-state index contributed by atoms with van der Waals surface area (Å²) in [4.78, 5) is 26.3. The quantitative estimate of drug-likeness (QED) is 0.772. The lowest BCUT2D eigenvalue weighted by Gasteiger charge is -2.17. The number of rotatable bonds is 3. The molecule has 0 aromatic heterocycles. The summed E-state index contributed by atoms with van der Waals surface area (Å²) in [6.07, 6.45) is 0.254. The summed E-state index contributed by atoms with van der Waals surface area (Å²) in [7, 11) is 0. The van der Waals surface area contributed by atoms with Crippen LogP contribution in [-0.4, -0.2) is 18.4 Å². The Labute approximate surface area is 149 Å². The molecule has 0 radical (unpaired) electrons. The number of nitrogens with zero attached hydrogens (tertiary/aromatic N) is 1. The molecule has 4 nitrogen and oxygen atoms in total. The van der Waals surface area contributed by atoms with E-state index in [1.165, 1.54) is 0 Å². The molecule has 0 bridgehead atoms. The minimum absolute atomic E-state index is 0.00314. The topological polar surface area (TPSA) is 49.4 Å². The van der Waals surface area contributed by atoms with Crippen molar-refractivity contribution in [2.45, 2.75) is 13.3 Å². The van der Waals surface area contributed by atoms with E-state index in [1.807, 2.05) is 55.5 Å². The van der Waals surface area contributed by atoms with Gasteiger partial charge >= 0.3 is 0 Å². The van der Waals surface area contributed by atoms with Crippen LogP contribution in [0, 0.1) is 16.4 Å². The highest BCUT2D eigenvalue weighted by Crippen LogP contribution is 2.26. The molecular formula is C18H17IN2O2. The summed E-state index contributed by atoms with van der Waals surface area (Å²) < 4.78 is 1.11. The van der Waals surface area contributed by atoms with Crippen LogP contribution in [0.15, 0.2) is 48.5 Å². The van der Waals surface area contributed by atoms with Crippen LogP contribution in [0.1, 0.15) is 12.0 Å². The smallest absolute Gasteiger partial charge is 0.229 e. The van der Waals surface area contributed by atoms with E-state index in [0.717, 1.165) is 20.5 Å². The van der Waals surface area contributed by atoms with Crippen LogP contribution in [0.4, 0.5) is 11.4 Å². The summed E-state index contributed by atoms with van der Waals surface area (Å²) in [5.74, 6) is -0.422. The second kappa shape index (κ2) is 6.70. The van der Waals surface area contributed by atoms with Crippen molar-refractivity contribution < 1.29 is 9.59 Å². The molecule has 0 unspecified atom stereocenters. The van der Waals surface area contributed by atoms with E-state index in [1.54, 1.807) is 4.90 Å². The van der Waals surface area contributed by atoms with E-state index >= 15 is 0 Å². The maximum atomic E-state index is 12.4. The number of aryl methyl sites for hydroxylation is 1. The van der Waals surface area contributed by atoms with E-state index in [9.17, 15) is 9.59 Å². The molecule has 2 aromatic carbocycles. The van der Waals surface area contributed by atoms with Gasteiger partial charge in [0.2, 0.25) is 11.8 Å². The largest absolute Gasteiger partial charge is 0.326 e. The van der Waals surface area contributed by atoms with E-state index in [0.29, 0.717) is 6.54 Å². The number of hydrogen-bond donors (Lipinski definition) is 1. The fourth-order valence-corrected chi connectivity index (χ4v) is 2.99. The Bertz CT molecular complexity index is 726. The van der Waals surface area contributed by atoms with Crippen molar-refractivity contribution in [3.8, 4) is 0 Å². The van der Waals surface area contributed by atoms with Gasteiger partial charge in [-0.25, -0.2) is 0 Å². The summed E-state index contributed by atoms with van der Waals surface area (Å²) in [5.41, 5.74) is 2.76. The molecule has 1 aliphatic heterocycles. The minimum atomic E-state index is -0.317. The molecule has 1 saturated heterocycles. The van der Waals surface area contributed by atoms with E-state index in [2.05, 4.69) is 27.9 Å². The first-order valence-corrected chi connectivity index (χ1v) is 8.54. The third-order valence-corrected chi connectivity index (χ3v) is 4.67. The number of benzene rings is 2. The molecule has 1 aliphatic rings. The van der Waals surface area contributed by atoms with Gasteiger partial charge in [-0.15, -0.1) is 0 Å². The number of nitrogens with one attached hydrogen (secondary N) is 1. The average molecular weight is 420 g/mol. The van der Waals surface area contributed by atoms with Crippen molar-refractivity contribution >= 4 is 45.8 Å². The number of hydrogen-bond acceptors (Lipinski definition) is 2. The van der Waals surface area contributed by atoms with Gasteiger partial charge in [0.1, 0.15) is 0 Å². The lowest BCUT2D eigenvalue weighted by Crippen LogP contribution is -2.28. The summed E-state index contributed by atoms with van der Waals surface area (Å²) in [6.45, 7) is 2.44. The third-order valence-electron chi connectivity index (χ3n) is 3.95. The van der Waals surface area contributed by atoms with Crippen molar-refractivity contribution in [1.82, 2.24) is 0 Å². The van der Waals surface area contributed by atoms with E-state index in [-0.39, 0.29) is 24.2 Å². The zero-order valence-electron chi connectivity index (χ0n) is 12.8. The normalized spacial score (nSPS) is 17.4. The van der Waals surface area contributed by atoms with Gasteiger partial charge in [-0.1, -0.05) is 17.7 Å². The van der Waals surface area contributed by atoms with Gasteiger partial charge in [-0.3, -0.25) is 9.59 Å². The fourth-order valence-electron chi connectivity index (χ4n) is 2.63. The lowest BCUT2D eigenvalue weighted by atomic mass is 10.1. The van der Waals surface area contributed by atoms with Crippen LogP contribution in [0.25, 0.3) is 0 Å². The van der Waals surface area contributed by atoms with E-state index in [4.69, 9.17) is 0 Å². The van der Waals surface area contributed by atoms with Crippen molar-refractivity contribution in [2.24, 2.45) is 5.92 Å². The predicted molar refractivity (Wildman–Crippen MR) is 99.4 cm³/mol. The van der Waals surface area contributed by atoms with Gasteiger partial charge in [0, 0.05) is 27.9 Å². The highest BCUT2D eigenvalue weighted by atomic mass is 127. The molecule has 0 saturated carbocycles. The number of anilines is 2. The van der Waals surface area contributed by atoms with E-state index < -0.39 is 0 Å². The zero-order chi connectivity index (χ0) is 16.4.